The first-order chi connectivity index (χ1) is 7.22. The van der Waals surface area contributed by atoms with Crippen molar-refractivity contribution < 1.29 is 4.79 Å². The van der Waals surface area contributed by atoms with E-state index in [1.54, 1.807) is 0 Å². The number of rotatable bonds is 3. The molecule has 84 valence electrons. The number of aryl methyl sites for hydroxylation is 1. The van der Waals surface area contributed by atoms with E-state index in [4.69, 9.17) is 5.73 Å². The van der Waals surface area contributed by atoms with Crippen LogP contribution < -0.4 is 11.1 Å². The standard InChI is InChI=1S/C10H14N2O.C2H6/c1-8-2-4-9(5-3-8)12-10(13)6-7-11;1-2/h2-5H,6-7,11H2,1H3,(H,12,13);1-2H3. The van der Waals surface area contributed by atoms with Gasteiger partial charge in [0, 0.05) is 18.7 Å². The fraction of sp³-hybridized carbons (Fsp3) is 0.417. The van der Waals surface area contributed by atoms with Crippen molar-refractivity contribution in [3.8, 4) is 0 Å². The van der Waals surface area contributed by atoms with Gasteiger partial charge in [-0.3, -0.25) is 4.79 Å². The normalized spacial score (nSPS) is 8.80. The molecule has 3 N–H and O–H groups in total. The van der Waals surface area contributed by atoms with Crippen molar-refractivity contribution in [1.29, 1.82) is 0 Å². The highest BCUT2D eigenvalue weighted by molar-refractivity contribution is 5.90. The van der Waals surface area contributed by atoms with E-state index in [0.29, 0.717) is 13.0 Å². The topological polar surface area (TPSA) is 55.1 Å². The largest absolute Gasteiger partial charge is 0.330 e. The summed E-state index contributed by atoms with van der Waals surface area (Å²) in [4.78, 5) is 11.1. The van der Waals surface area contributed by atoms with E-state index in [2.05, 4.69) is 5.32 Å². The summed E-state index contributed by atoms with van der Waals surface area (Å²) in [5, 5.41) is 2.75. The Morgan fingerprint density at radius 1 is 1.27 bits per heavy atom. The van der Waals surface area contributed by atoms with Gasteiger partial charge in [0.2, 0.25) is 5.91 Å². The van der Waals surface area contributed by atoms with E-state index in [9.17, 15) is 4.79 Å². The van der Waals surface area contributed by atoms with Crippen LogP contribution in [0.1, 0.15) is 25.8 Å². The second-order valence-electron chi connectivity index (χ2n) is 2.95. The second kappa shape index (κ2) is 8.00. The molecular formula is C12H20N2O. The van der Waals surface area contributed by atoms with Crippen molar-refractivity contribution in [2.75, 3.05) is 11.9 Å². The van der Waals surface area contributed by atoms with Crippen LogP contribution >= 0.6 is 0 Å². The third-order valence-electron chi connectivity index (χ3n) is 1.71. The number of nitrogens with two attached hydrogens (primary N) is 1. The van der Waals surface area contributed by atoms with Crippen LogP contribution in [0.25, 0.3) is 0 Å². The SMILES string of the molecule is CC.Cc1ccc(NC(=O)CCN)cc1. The van der Waals surface area contributed by atoms with E-state index < -0.39 is 0 Å². The average Bonchev–Trinajstić information content (AvgIpc) is 2.25. The van der Waals surface area contributed by atoms with Gasteiger partial charge in [-0.1, -0.05) is 31.5 Å². The van der Waals surface area contributed by atoms with E-state index in [-0.39, 0.29) is 5.91 Å². The molecule has 0 fully saturated rings. The number of anilines is 1. The molecule has 0 unspecified atom stereocenters. The minimum absolute atomic E-state index is 0.0358. The van der Waals surface area contributed by atoms with Gasteiger partial charge in [-0.15, -0.1) is 0 Å². The lowest BCUT2D eigenvalue weighted by atomic mass is 10.2. The molecule has 0 aliphatic heterocycles. The van der Waals surface area contributed by atoms with Gasteiger partial charge in [-0.2, -0.15) is 0 Å². The second-order valence-corrected chi connectivity index (χ2v) is 2.95. The summed E-state index contributed by atoms with van der Waals surface area (Å²) < 4.78 is 0. The van der Waals surface area contributed by atoms with Gasteiger partial charge in [-0.25, -0.2) is 0 Å². The van der Waals surface area contributed by atoms with Gasteiger partial charge < -0.3 is 11.1 Å². The fourth-order valence-electron chi connectivity index (χ4n) is 0.991. The van der Waals surface area contributed by atoms with Gasteiger partial charge in [-0.05, 0) is 19.1 Å². The van der Waals surface area contributed by atoms with Crippen molar-refractivity contribution >= 4 is 11.6 Å². The maximum absolute atomic E-state index is 11.1. The smallest absolute Gasteiger partial charge is 0.225 e. The summed E-state index contributed by atoms with van der Waals surface area (Å²) in [6.45, 7) is 6.39. The van der Waals surface area contributed by atoms with E-state index in [1.165, 1.54) is 5.56 Å². The molecule has 0 saturated carbocycles. The van der Waals surface area contributed by atoms with E-state index in [1.807, 2.05) is 45.0 Å². The van der Waals surface area contributed by atoms with Crippen molar-refractivity contribution in [3.63, 3.8) is 0 Å². The number of carbonyl (C=O) groups is 1. The van der Waals surface area contributed by atoms with Crippen LogP contribution in [0, 0.1) is 6.92 Å². The lowest BCUT2D eigenvalue weighted by molar-refractivity contribution is -0.116. The Balaban J connectivity index is 0.000000921. The molecule has 0 spiro atoms. The molecule has 1 amide bonds. The first-order valence-electron chi connectivity index (χ1n) is 5.29. The van der Waals surface area contributed by atoms with Crippen LogP contribution in [0.4, 0.5) is 5.69 Å². The quantitative estimate of drug-likeness (QED) is 0.800. The van der Waals surface area contributed by atoms with Crippen LogP contribution in [0.2, 0.25) is 0 Å². The Hall–Kier alpha value is -1.35. The van der Waals surface area contributed by atoms with Crippen molar-refractivity contribution in [1.82, 2.24) is 0 Å². The molecular weight excluding hydrogens is 188 g/mol. The summed E-state index contributed by atoms with van der Waals surface area (Å²) in [7, 11) is 0. The number of benzene rings is 1. The Kier molecular flexibility index (Phi) is 7.28. The van der Waals surface area contributed by atoms with Gasteiger partial charge in [0.1, 0.15) is 0 Å². The summed E-state index contributed by atoms with van der Waals surface area (Å²) >= 11 is 0. The predicted molar refractivity (Wildman–Crippen MR) is 64.8 cm³/mol. The number of amides is 1. The Bertz CT molecular complexity index is 280. The highest BCUT2D eigenvalue weighted by Gasteiger charge is 1.99. The molecule has 1 aromatic rings. The van der Waals surface area contributed by atoms with Gasteiger partial charge in [0.05, 0.1) is 0 Å². The zero-order valence-electron chi connectivity index (χ0n) is 9.71. The van der Waals surface area contributed by atoms with Gasteiger partial charge >= 0.3 is 0 Å². The lowest BCUT2D eigenvalue weighted by Crippen LogP contribution is -2.15. The monoisotopic (exact) mass is 208 g/mol. The minimum Gasteiger partial charge on any atom is -0.330 e. The van der Waals surface area contributed by atoms with Crippen molar-refractivity contribution in [2.24, 2.45) is 5.73 Å². The Morgan fingerprint density at radius 3 is 2.27 bits per heavy atom. The third-order valence-corrected chi connectivity index (χ3v) is 1.71. The molecule has 0 aliphatic carbocycles. The minimum atomic E-state index is -0.0358. The lowest BCUT2D eigenvalue weighted by Gasteiger charge is -2.03. The summed E-state index contributed by atoms with van der Waals surface area (Å²) in [5.74, 6) is -0.0358. The maximum Gasteiger partial charge on any atom is 0.225 e. The summed E-state index contributed by atoms with van der Waals surface area (Å²) in [5.41, 5.74) is 7.25. The first kappa shape index (κ1) is 13.7. The van der Waals surface area contributed by atoms with Crippen LogP contribution in [-0.4, -0.2) is 12.5 Å². The molecule has 1 aromatic carbocycles. The van der Waals surface area contributed by atoms with Crippen LogP contribution in [0.15, 0.2) is 24.3 Å². The van der Waals surface area contributed by atoms with Crippen molar-refractivity contribution in [2.45, 2.75) is 27.2 Å². The molecule has 0 aromatic heterocycles. The molecule has 3 nitrogen and oxygen atoms in total. The van der Waals surface area contributed by atoms with Crippen molar-refractivity contribution in [3.05, 3.63) is 29.8 Å². The fourth-order valence-corrected chi connectivity index (χ4v) is 0.991. The highest BCUT2D eigenvalue weighted by Crippen LogP contribution is 2.08. The maximum atomic E-state index is 11.1. The zero-order valence-corrected chi connectivity index (χ0v) is 9.71. The number of hydrogen-bond donors (Lipinski definition) is 2. The van der Waals surface area contributed by atoms with Gasteiger partial charge in [0.25, 0.3) is 0 Å². The van der Waals surface area contributed by atoms with Crippen LogP contribution in [0.5, 0.6) is 0 Å². The molecule has 0 heterocycles. The molecule has 0 radical (unpaired) electrons. The molecule has 0 aliphatic rings. The Labute approximate surface area is 91.7 Å². The zero-order chi connectivity index (χ0) is 11.7. The predicted octanol–water partition coefficient (Wildman–Crippen LogP) is 2.31. The summed E-state index contributed by atoms with van der Waals surface area (Å²) in [6, 6.07) is 7.67. The molecule has 1 rings (SSSR count). The molecule has 0 atom stereocenters. The first-order valence-corrected chi connectivity index (χ1v) is 5.29. The average molecular weight is 208 g/mol. The van der Waals surface area contributed by atoms with Crippen LogP contribution in [0.3, 0.4) is 0 Å². The number of nitrogens with one attached hydrogen (secondary N) is 1. The number of carbonyl (C=O) groups excluding carboxylic acids is 1. The molecule has 15 heavy (non-hydrogen) atoms. The molecule has 0 saturated heterocycles. The van der Waals surface area contributed by atoms with E-state index >= 15 is 0 Å². The van der Waals surface area contributed by atoms with Crippen LogP contribution in [-0.2, 0) is 4.79 Å². The molecule has 0 bridgehead atoms. The third kappa shape index (κ3) is 5.86. The van der Waals surface area contributed by atoms with Gasteiger partial charge in [0.15, 0.2) is 0 Å². The summed E-state index contributed by atoms with van der Waals surface area (Å²) in [6.07, 6.45) is 0.369. The Morgan fingerprint density at radius 2 is 1.80 bits per heavy atom. The van der Waals surface area contributed by atoms with E-state index in [0.717, 1.165) is 5.69 Å². The number of hydrogen-bond acceptors (Lipinski definition) is 2. The molecule has 3 heteroatoms. The highest BCUT2D eigenvalue weighted by atomic mass is 16.1.